The second-order valence-corrected chi connectivity index (χ2v) is 2.73. The van der Waals surface area contributed by atoms with Crippen molar-refractivity contribution >= 4 is 17.1 Å². The van der Waals surface area contributed by atoms with E-state index in [9.17, 15) is 30.3 Å². The zero-order valence-electron chi connectivity index (χ0n) is 8.06. The van der Waals surface area contributed by atoms with Crippen molar-refractivity contribution in [2.75, 3.05) is 0 Å². The molecule has 0 bridgehead atoms. The first kappa shape index (κ1) is 12.3. The van der Waals surface area contributed by atoms with Gasteiger partial charge in [0.15, 0.2) is 0 Å². The van der Waals surface area contributed by atoms with E-state index in [-0.39, 0.29) is 0 Å². The Balaban J connectivity index is 3.63. The lowest BCUT2D eigenvalue weighted by molar-refractivity contribution is -0.637. The molecule has 1 aromatic rings. The van der Waals surface area contributed by atoms with E-state index < -0.39 is 37.6 Å². The molecule has 1 aromatic carbocycles. The van der Waals surface area contributed by atoms with Gasteiger partial charge in [0.1, 0.15) is 0 Å². The molecule has 0 amide bonds. The van der Waals surface area contributed by atoms with Gasteiger partial charge in [-0.1, -0.05) is 0 Å². The van der Waals surface area contributed by atoms with Crippen LogP contribution in [0.1, 0.15) is 0 Å². The summed E-state index contributed by atoms with van der Waals surface area (Å²) in [5.41, 5.74) is -2.55. The molecular weight excluding hydrogens is 240 g/mol. The van der Waals surface area contributed by atoms with Gasteiger partial charge in [-0.05, 0) is 0 Å². The summed E-state index contributed by atoms with van der Waals surface area (Å²) < 4.78 is 0. The molecule has 0 aliphatic carbocycles. The molecule has 0 fully saturated rings. The number of non-ortho nitro benzene ring substituents is 1. The van der Waals surface area contributed by atoms with Crippen molar-refractivity contribution < 1.29 is 25.5 Å². The van der Waals surface area contributed by atoms with E-state index in [1.807, 2.05) is 0 Å². The summed E-state index contributed by atoms with van der Waals surface area (Å²) in [6.45, 7) is 0. The molecule has 3 N–H and O–H groups in total. The summed E-state index contributed by atoms with van der Waals surface area (Å²) in [6.07, 6.45) is 0. The van der Waals surface area contributed by atoms with Gasteiger partial charge in [-0.3, -0.25) is 30.3 Å². The monoisotopic (exact) mass is 245 g/mol. The number of nitrogens with zero attached hydrogens (tertiary/aromatic N) is 3. The summed E-state index contributed by atoms with van der Waals surface area (Å²) in [4.78, 5) is 32.9. The summed E-state index contributed by atoms with van der Waals surface area (Å²) >= 11 is 0. The van der Waals surface area contributed by atoms with Crippen LogP contribution < -0.4 is 10.7 Å². The first-order valence-electron chi connectivity index (χ1n) is 3.91. The van der Waals surface area contributed by atoms with E-state index in [4.69, 9.17) is 0 Å². The maximum absolute atomic E-state index is 10.6. The Labute approximate surface area is 91.8 Å². The summed E-state index contributed by atoms with van der Waals surface area (Å²) in [5, 5.41) is 31.6. The lowest BCUT2D eigenvalue weighted by atomic mass is 10.2. The smallest absolute Gasteiger partial charge is 0.306 e. The Bertz CT molecular complexity index is 478. The van der Waals surface area contributed by atoms with Crippen molar-refractivity contribution in [1.29, 1.82) is 0 Å². The van der Waals surface area contributed by atoms with Crippen LogP contribution in [0.15, 0.2) is 12.1 Å². The molecule has 0 atom stereocenters. The Kier molecular flexibility index (Phi) is 3.14. The van der Waals surface area contributed by atoms with Gasteiger partial charge in [0, 0.05) is 0 Å². The third kappa shape index (κ3) is 2.23. The lowest BCUT2D eigenvalue weighted by Gasteiger charge is -1.99. The fourth-order valence-corrected chi connectivity index (χ4v) is 1.11. The van der Waals surface area contributed by atoms with Crippen LogP contribution in [0.25, 0.3) is 0 Å². The third-order valence-corrected chi connectivity index (χ3v) is 1.78. The van der Waals surface area contributed by atoms with Crippen LogP contribution in [0.4, 0.5) is 17.1 Å². The zero-order valence-corrected chi connectivity index (χ0v) is 8.06. The second-order valence-electron chi connectivity index (χ2n) is 2.73. The SMILES string of the molecule is [NH3+]Oc1c([N+](=O)[O-])cc([N+](=O)[O-])cc1[N+](=O)[O-]. The van der Waals surface area contributed by atoms with E-state index in [0.717, 1.165) is 0 Å². The highest BCUT2D eigenvalue weighted by molar-refractivity contribution is 5.65. The highest BCUT2D eigenvalue weighted by atomic mass is 16.7. The number of quaternary nitrogens is 1. The van der Waals surface area contributed by atoms with Gasteiger partial charge in [-0.25, -0.2) is 0 Å². The van der Waals surface area contributed by atoms with Crippen LogP contribution in [0.5, 0.6) is 5.75 Å². The standard InChI is InChI=1S/C6H5N4O7/c7-17-6-4(9(13)14)1-3(8(11)12)2-5(6)10(15)16/h1-2H,7H3/q+1. The molecule has 17 heavy (non-hydrogen) atoms. The highest BCUT2D eigenvalue weighted by Crippen LogP contribution is 2.39. The van der Waals surface area contributed by atoms with Gasteiger partial charge in [-0.15, -0.1) is 0 Å². The maximum atomic E-state index is 10.6. The van der Waals surface area contributed by atoms with E-state index in [0.29, 0.717) is 12.1 Å². The number of hydrogen-bond acceptors (Lipinski definition) is 7. The van der Waals surface area contributed by atoms with E-state index in [1.54, 1.807) is 0 Å². The van der Waals surface area contributed by atoms with Crippen molar-refractivity contribution in [2.24, 2.45) is 0 Å². The molecule has 0 heterocycles. The normalized spacial score (nSPS) is 9.71. The summed E-state index contributed by atoms with van der Waals surface area (Å²) in [7, 11) is 0. The average Bonchev–Trinajstić information content (AvgIpc) is 2.26. The van der Waals surface area contributed by atoms with Crippen molar-refractivity contribution in [3.8, 4) is 5.75 Å². The molecule has 0 saturated carbocycles. The number of hydrogen-bond donors (Lipinski definition) is 1. The van der Waals surface area contributed by atoms with Crippen molar-refractivity contribution in [2.45, 2.75) is 0 Å². The predicted molar refractivity (Wildman–Crippen MR) is 49.9 cm³/mol. The number of nitro groups is 3. The Morgan fingerprint density at radius 3 is 1.59 bits per heavy atom. The van der Waals surface area contributed by atoms with Crippen LogP contribution in [0, 0.1) is 30.3 Å². The Morgan fingerprint density at radius 1 is 0.941 bits per heavy atom. The molecule has 11 heteroatoms. The fourth-order valence-electron chi connectivity index (χ4n) is 1.11. The summed E-state index contributed by atoms with van der Waals surface area (Å²) in [5.74, 6) is 2.11. The quantitative estimate of drug-likeness (QED) is 0.572. The van der Waals surface area contributed by atoms with E-state index >= 15 is 0 Å². The van der Waals surface area contributed by atoms with Crippen LogP contribution in [-0.2, 0) is 0 Å². The van der Waals surface area contributed by atoms with Crippen molar-refractivity contribution in [3.05, 3.63) is 42.5 Å². The molecule has 1 rings (SSSR count). The summed E-state index contributed by atoms with van der Waals surface area (Å²) in [6, 6.07) is 1.13. The molecule has 11 nitrogen and oxygen atoms in total. The molecule has 0 spiro atoms. The third-order valence-electron chi connectivity index (χ3n) is 1.78. The molecule has 0 aliphatic heterocycles. The maximum Gasteiger partial charge on any atom is 0.344 e. The zero-order chi connectivity index (χ0) is 13.2. The first-order valence-corrected chi connectivity index (χ1v) is 3.91. The molecule has 0 aliphatic rings. The molecule has 90 valence electrons. The van der Waals surface area contributed by atoms with Gasteiger partial charge >= 0.3 is 17.1 Å². The van der Waals surface area contributed by atoms with Gasteiger partial charge < -0.3 is 4.84 Å². The largest absolute Gasteiger partial charge is 0.344 e. The number of benzene rings is 1. The predicted octanol–water partition coefficient (Wildman–Crippen LogP) is -0.0531. The van der Waals surface area contributed by atoms with E-state index in [1.165, 1.54) is 0 Å². The molecule has 0 unspecified atom stereocenters. The van der Waals surface area contributed by atoms with Crippen LogP contribution >= 0.6 is 0 Å². The Morgan fingerprint density at radius 2 is 1.35 bits per heavy atom. The lowest BCUT2D eigenvalue weighted by Crippen LogP contribution is -2.54. The minimum absolute atomic E-state index is 0.563. The van der Waals surface area contributed by atoms with Gasteiger partial charge in [0.25, 0.3) is 5.69 Å². The van der Waals surface area contributed by atoms with Crippen LogP contribution in [0.2, 0.25) is 0 Å². The van der Waals surface area contributed by atoms with Crippen molar-refractivity contribution in [3.63, 3.8) is 0 Å². The minimum Gasteiger partial charge on any atom is -0.306 e. The fraction of sp³-hybridized carbons (Fsp3) is 0. The molecule has 0 saturated heterocycles. The Hall–Kier alpha value is -2.82. The second kappa shape index (κ2) is 4.36. The average molecular weight is 245 g/mol. The molecule has 0 radical (unpaired) electrons. The van der Waals surface area contributed by atoms with E-state index in [2.05, 4.69) is 10.7 Å². The van der Waals surface area contributed by atoms with Crippen LogP contribution in [0.3, 0.4) is 0 Å². The molecular formula is C6H5N4O7+. The first-order chi connectivity index (χ1) is 7.88. The van der Waals surface area contributed by atoms with Gasteiger partial charge in [0.05, 0.1) is 26.9 Å². The topological polar surface area (TPSA) is 166 Å². The van der Waals surface area contributed by atoms with Gasteiger partial charge in [0.2, 0.25) is 0 Å². The highest BCUT2D eigenvalue weighted by Gasteiger charge is 2.33. The van der Waals surface area contributed by atoms with Crippen molar-refractivity contribution in [1.82, 2.24) is 0 Å². The number of rotatable bonds is 4. The van der Waals surface area contributed by atoms with Crippen LogP contribution in [-0.4, -0.2) is 14.8 Å². The van der Waals surface area contributed by atoms with Gasteiger partial charge in [-0.2, -0.15) is 5.90 Å². The molecule has 0 aromatic heterocycles. The number of nitro benzene ring substituents is 3. The minimum atomic E-state index is -1.03.